The summed E-state index contributed by atoms with van der Waals surface area (Å²) in [6, 6.07) is 0.198. The maximum absolute atomic E-state index is 13.0. The van der Waals surface area contributed by atoms with Crippen molar-refractivity contribution in [3.63, 3.8) is 0 Å². The van der Waals surface area contributed by atoms with Crippen molar-refractivity contribution in [2.45, 2.75) is 77.7 Å². The van der Waals surface area contributed by atoms with Crippen molar-refractivity contribution in [2.24, 2.45) is 28.9 Å². The standard InChI is InChI=1S/C19H32N2O2/c1-13(2)21(5-3-4-17(20)22)18(23)12-19-9-14-6-15(10-19)8-16(7-14)11-19/h13-16H,3-12H2,1-2H3,(H2,20,22). The predicted molar refractivity (Wildman–Crippen MR) is 90.5 cm³/mol. The van der Waals surface area contributed by atoms with Crippen molar-refractivity contribution in [2.75, 3.05) is 6.54 Å². The van der Waals surface area contributed by atoms with E-state index < -0.39 is 0 Å². The normalized spacial score (nSPS) is 34.8. The molecule has 130 valence electrons. The van der Waals surface area contributed by atoms with Gasteiger partial charge in [-0.1, -0.05) is 0 Å². The summed E-state index contributed by atoms with van der Waals surface area (Å²) in [5.74, 6) is 2.68. The molecule has 4 saturated carbocycles. The number of hydrogen-bond acceptors (Lipinski definition) is 2. The minimum absolute atomic E-state index is 0.198. The highest BCUT2D eigenvalue weighted by Gasteiger charge is 2.51. The quantitative estimate of drug-likeness (QED) is 0.783. The van der Waals surface area contributed by atoms with Crippen molar-refractivity contribution in [1.29, 1.82) is 0 Å². The summed E-state index contributed by atoms with van der Waals surface area (Å²) in [5, 5.41) is 0. The molecule has 0 aromatic heterocycles. The summed E-state index contributed by atoms with van der Waals surface area (Å²) in [6.07, 6.45) is 9.85. The Labute approximate surface area is 140 Å². The highest BCUT2D eigenvalue weighted by molar-refractivity contribution is 5.77. The number of amides is 2. The van der Waals surface area contributed by atoms with Crippen LogP contribution in [0, 0.1) is 23.2 Å². The van der Waals surface area contributed by atoms with Crippen LogP contribution in [0.2, 0.25) is 0 Å². The van der Waals surface area contributed by atoms with Gasteiger partial charge >= 0.3 is 0 Å². The first-order chi connectivity index (χ1) is 10.9. The fraction of sp³-hybridized carbons (Fsp3) is 0.895. The fourth-order valence-electron chi connectivity index (χ4n) is 6.02. The summed E-state index contributed by atoms with van der Waals surface area (Å²) >= 11 is 0. The van der Waals surface area contributed by atoms with Crippen molar-refractivity contribution in [3.8, 4) is 0 Å². The molecule has 0 aromatic carbocycles. The zero-order chi connectivity index (χ0) is 16.6. The molecule has 0 spiro atoms. The molecule has 23 heavy (non-hydrogen) atoms. The van der Waals surface area contributed by atoms with Gasteiger partial charge in [-0.3, -0.25) is 9.59 Å². The van der Waals surface area contributed by atoms with Gasteiger partial charge in [0.25, 0.3) is 0 Å². The molecular formula is C19H32N2O2. The Morgan fingerprint density at radius 1 is 1.09 bits per heavy atom. The smallest absolute Gasteiger partial charge is 0.223 e. The third-order valence-corrected chi connectivity index (χ3v) is 6.46. The molecule has 4 heteroatoms. The van der Waals surface area contributed by atoms with Gasteiger partial charge in [0.15, 0.2) is 0 Å². The Kier molecular flexibility index (Phi) is 4.70. The van der Waals surface area contributed by atoms with Crippen LogP contribution >= 0.6 is 0 Å². The van der Waals surface area contributed by atoms with Gasteiger partial charge in [-0.25, -0.2) is 0 Å². The summed E-state index contributed by atoms with van der Waals surface area (Å²) in [4.78, 5) is 25.9. The molecule has 0 saturated heterocycles. The zero-order valence-corrected chi connectivity index (χ0v) is 14.7. The van der Waals surface area contributed by atoms with E-state index in [1.54, 1.807) is 0 Å². The van der Waals surface area contributed by atoms with E-state index in [0.717, 1.165) is 24.2 Å². The molecule has 4 aliphatic carbocycles. The summed E-state index contributed by atoms with van der Waals surface area (Å²) in [5.41, 5.74) is 5.52. The molecular weight excluding hydrogens is 288 g/mol. The third kappa shape index (κ3) is 3.72. The fourth-order valence-corrected chi connectivity index (χ4v) is 6.02. The third-order valence-electron chi connectivity index (χ3n) is 6.46. The SMILES string of the molecule is CC(C)N(CCCC(N)=O)C(=O)CC12CC3CC(CC(C3)C1)C2. The van der Waals surface area contributed by atoms with Crippen LogP contribution in [0.1, 0.15) is 71.6 Å². The number of carbonyl (C=O) groups excluding carboxylic acids is 2. The lowest BCUT2D eigenvalue weighted by Gasteiger charge is -2.57. The van der Waals surface area contributed by atoms with E-state index in [2.05, 4.69) is 13.8 Å². The maximum atomic E-state index is 13.0. The van der Waals surface area contributed by atoms with Crippen LogP contribution in [0.15, 0.2) is 0 Å². The van der Waals surface area contributed by atoms with Gasteiger partial charge in [0.2, 0.25) is 11.8 Å². The molecule has 0 aliphatic heterocycles. The van der Waals surface area contributed by atoms with Crippen LogP contribution in [-0.2, 0) is 9.59 Å². The van der Waals surface area contributed by atoms with Gasteiger partial charge in [-0.2, -0.15) is 0 Å². The number of rotatable bonds is 7. The Morgan fingerprint density at radius 2 is 1.61 bits per heavy atom. The molecule has 4 fully saturated rings. The van der Waals surface area contributed by atoms with Crippen LogP contribution in [0.4, 0.5) is 0 Å². The topological polar surface area (TPSA) is 63.4 Å². The molecule has 2 N–H and O–H groups in total. The highest BCUT2D eigenvalue weighted by atomic mass is 16.2. The number of carbonyl (C=O) groups is 2. The van der Waals surface area contributed by atoms with Crippen LogP contribution in [-0.4, -0.2) is 29.3 Å². The molecule has 0 aromatic rings. The van der Waals surface area contributed by atoms with Crippen LogP contribution in [0.5, 0.6) is 0 Å². The molecule has 4 bridgehead atoms. The van der Waals surface area contributed by atoms with Gasteiger partial charge in [0.1, 0.15) is 0 Å². The van der Waals surface area contributed by atoms with E-state index in [1.807, 2.05) is 4.90 Å². The zero-order valence-electron chi connectivity index (χ0n) is 14.7. The van der Waals surface area contributed by atoms with Gasteiger partial charge in [0.05, 0.1) is 0 Å². The van der Waals surface area contributed by atoms with Gasteiger partial charge in [0, 0.05) is 25.4 Å². The highest BCUT2D eigenvalue weighted by Crippen LogP contribution is 2.61. The monoisotopic (exact) mass is 320 g/mol. The molecule has 4 nitrogen and oxygen atoms in total. The number of primary amides is 1. The largest absolute Gasteiger partial charge is 0.370 e. The lowest BCUT2D eigenvalue weighted by atomic mass is 9.49. The average Bonchev–Trinajstić information content (AvgIpc) is 2.40. The lowest BCUT2D eigenvalue weighted by molar-refractivity contribution is -0.141. The van der Waals surface area contributed by atoms with Crippen LogP contribution in [0.3, 0.4) is 0 Å². The Morgan fingerprint density at radius 3 is 2.04 bits per heavy atom. The Hall–Kier alpha value is -1.06. The molecule has 4 rings (SSSR count). The van der Waals surface area contributed by atoms with E-state index >= 15 is 0 Å². The molecule has 0 unspecified atom stereocenters. The number of hydrogen-bond donors (Lipinski definition) is 1. The molecule has 2 amide bonds. The summed E-state index contributed by atoms with van der Waals surface area (Å²) < 4.78 is 0. The van der Waals surface area contributed by atoms with Crippen molar-refractivity contribution >= 4 is 11.8 Å². The average molecular weight is 320 g/mol. The summed E-state index contributed by atoms with van der Waals surface area (Å²) in [7, 11) is 0. The van der Waals surface area contributed by atoms with E-state index in [-0.39, 0.29) is 11.9 Å². The van der Waals surface area contributed by atoms with Gasteiger partial charge < -0.3 is 10.6 Å². The molecule has 4 aliphatic rings. The van der Waals surface area contributed by atoms with E-state index in [1.165, 1.54) is 38.5 Å². The maximum Gasteiger partial charge on any atom is 0.223 e. The second-order valence-electron chi connectivity index (χ2n) is 8.85. The Balaban J connectivity index is 1.61. The van der Waals surface area contributed by atoms with E-state index in [9.17, 15) is 9.59 Å². The molecule has 0 heterocycles. The molecule has 0 atom stereocenters. The Bertz CT molecular complexity index is 437. The van der Waals surface area contributed by atoms with Crippen molar-refractivity contribution in [1.82, 2.24) is 4.90 Å². The summed E-state index contributed by atoms with van der Waals surface area (Å²) in [6.45, 7) is 4.80. The van der Waals surface area contributed by atoms with Gasteiger partial charge in [-0.15, -0.1) is 0 Å². The lowest BCUT2D eigenvalue weighted by Crippen LogP contribution is -2.49. The minimum atomic E-state index is -0.276. The van der Waals surface area contributed by atoms with Crippen molar-refractivity contribution in [3.05, 3.63) is 0 Å². The predicted octanol–water partition coefficient (Wildman–Crippen LogP) is 3.10. The second kappa shape index (κ2) is 6.45. The van der Waals surface area contributed by atoms with E-state index in [4.69, 9.17) is 5.73 Å². The first-order valence-corrected chi connectivity index (χ1v) is 9.45. The molecule has 0 radical (unpaired) electrons. The number of nitrogens with two attached hydrogens (primary N) is 1. The van der Waals surface area contributed by atoms with Crippen molar-refractivity contribution < 1.29 is 9.59 Å². The first-order valence-electron chi connectivity index (χ1n) is 9.45. The van der Waals surface area contributed by atoms with Crippen LogP contribution < -0.4 is 5.73 Å². The van der Waals surface area contributed by atoms with Gasteiger partial charge in [-0.05, 0) is 82.0 Å². The second-order valence-corrected chi connectivity index (χ2v) is 8.85. The van der Waals surface area contributed by atoms with E-state index in [0.29, 0.717) is 30.7 Å². The number of nitrogens with zero attached hydrogens (tertiary/aromatic N) is 1. The minimum Gasteiger partial charge on any atom is -0.370 e. The first kappa shape index (κ1) is 16.8. The van der Waals surface area contributed by atoms with Crippen LogP contribution in [0.25, 0.3) is 0 Å².